The summed E-state index contributed by atoms with van der Waals surface area (Å²) in [5.74, 6) is -0.422. The molecule has 20 heavy (non-hydrogen) atoms. The Balaban J connectivity index is 2.93. The van der Waals surface area contributed by atoms with E-state index in [1.54, 1.807) is 13.8 Å². The highest BCUT2D eigenvalue weighted by Gasteiger charge is 2.27. The average Bonchev–Trinajstić information content (AvgIpc) is 2.45. The van der Waals surface area contributed by atoms with E-state index in [9.17, 15) is 14.7 Å². The topological polar surface area (TPSA) is 95.1 Å². The second kappa shape index (κ2) is 6.65. The van der Waals surface area contributed by atoms with Crippen LogP contribution in [0.4, 0.5) is 0 Å². The van der Waals surface area contributed by atoms with Crippen LogP contribution in [0.2, 0.25) is 0 Å². The van der Waals surface area contributed by atoms with E-state index in [4.69, 9.17) is 0 Å². The molecule has 6 nitrogen and oxygen atoms in total. The Kier molecular flexibility index (Phi) is 5.44. The molecule has 112 valence electrons. The smallest absolute Gasteiger partial charge is 0.277 e. The zero-order chi connectivity index (χ0) is 15.3. The van der Waals surface area contributed by atoms with Gasteiger partial charge in [-0.1, -0.05) is 13.8 Å². The van der Waals surface area contributed by atoms with Crippen molar-refractivity contribution in [1.29, 1.82) is 0 Å². The Labute approximate surface area is 118 Å². The molecule has 1 aromatic heterocycles. The highest BCUT2D eigenvalue weighted by Crippen LogP contribution is 2.24. The Morgan fingerprint density at radius 1 is 1.35 bits per heavy atom. The number of aryl methyl sites for hydroxylation is 1. The summed E-state index contributed by atoms with van der Waals surface area (Å²) in [5.41, 5.74) is 0.464. The van der Waals surface area contributed by atoms with Gasteiger partial charge in [-0.3, -0.25) is 9.59 Å². The van der Waals surface area contributed by atoms with Gasteiger partial charge in [-0.05, 0) is 32.3 Å². The number of aromatic nitrogens is 2. The fraction of sp³-hybridized carbons (Fsp3) is 0.643. The molecule has 0 atom stereocenters. The zero-order valence-electron chi connectivity index (χ0n) is 12.5. The molecule has 0 aliphatic heterocycles. The molecule has 0 aliphatic rings. The normalized spacial score (nSPS) is 11.4. The van der Waals surface area contributed by atoms with Crippen LogP contribution in [0.25, 0.3) is 0 Å². The third kappa shape index (κ3) is 3.25. The van der Waals surface area contributed by atoms with Gasteiger partial charge in [0.2, 0.25) is 0 Å². The summed E-state index contributed by atoms with van der Waals surface area (Å²) in [7, 11) is 0. The fourth-order valence-electron chi connectivity index (χ4n) is 2.03. The second-order valence-corrected chi connectivity index (χ2v) is 5.19. The van der Waals surface area contributed by atoms with Gasteiger partial charge in [0.25, 0.3) is 11.5 Å². The first-order chi connectivity index (χ1) is 9.40. The van der Waals surface area contributed by atoms with Crippen molar-refractivity contribution in [3.63, 3.8) is 0 Å². The van der Waals surface area contributed by atoms with E-state index in [2.05, 4.69) is 15.5 Å². The number of H-pyrrole nitrogens is 1. The maximum atomic E-state index is 12.2. The van der Waals surface area contributed by atoms with Crippen molar-refractivity contribution in [2.45, 2.75) is 40.5 Å². The minimum absolute atomic E-state index is 0.00495. The van der Waals surface area contributed by atoms with Crippen molar-refractivity contribution in [3.05, 3.63) is 27.2 Å². The van der Waals surface area contributed by atoms with E-state index >= 15 is 0 Å². The lowest BCUT2D eigenvalue weighted by Gasteiger charge is -2.29. The summed E-state index contributed by atoms with van der Waals surface area (Å²) in [6.45, 7) is 7.73. The molecule has 1 heterocycles. The SMILES string of the molecule is CCC(CC)(CO)CNC(=O)c1c(C)c(C)n[nH]c1=O. The minimum atomic E-state index is -0.492. The molecule has 1 rings (SSSR count). The predicted molar refractivity (Wildman–Crippen MR) is 76.8 cm³/mol. The van der Waals surface area contributed by atoms with Crippen LogP contribution >= 0.6 is 0 Å². The number of carbonyl (C=O) groups is 1. The van der Waals surface area contributed by atoms with Crippen molar-refractivity contribution in [2.75, 3.05) is 13.2 Å². The standard InChI is InChI=1S/C14H23N3O3/c1-5-14(6-2,8-18)7-15-12(19)11-9(3)10(4)16-17-13(11)20/h18H,5-8H2,1-4H3,(H,15,19)(H,17,20). The Bertz CT molecular complexity index is 525. The number of aliphatic hydroxyl groups excluding tert-OH is 1. The first-order valence-corrected chi connectivity index (χ1v) is 6.85. The molecular formula is C14H23N3O3. The van der Waals surface area contributed by atoms with Crippen molar-refractivity contribution in [2.24, 2.45) is 5.41 Å². The van der Waals surface area contributed by atoms with E-state index in [-0.39, 0.29) is 17.6 Å². The number of aliphatic hydroxyl groups is 1. The number of amides is 1. The van der Waals surface area contributed by atoms with E-state index < -0.39 is 11.5 Å². The van der Waals surface area contributed by atoms with Gasteiger partial charge >= 0.3 is 0 Å². The molecule has 0 aromatic carbocycles. The summed E-state index contributed by atoms with van der Waals surface area (Å²) < 4.78 is 0. The van der Waals surface area contributed by atoms with Gasteiger partial charge in [0.1, 0.15) is 5.56 Å². The van der Waals surface area contributed by atoms with E-state index in [0.29, 0.717) is 17.8 Å². The largest absolute Gasteiger partial charge is 0.396 e. The Morgan fingerprint density at radius 2 is 1.95 bits per heavy atom. The predicted octanol–water partition coefficient (Wildman–Crippen LogP) is 0.915. The van der Waals surface area contributed by atoms with Gasteiger partial charge in [-0.25, -0.2) is 5.10 Å². The van der Waals surface area contributed by atoms with Crippen LogP contribution in [0.15, 0.2) is 4.79 Å². The van der Waals surface area contributed by atoms with E-state index in [0.717, 1.165) is 12.8 Å². The minimum Gasteiger partial charge on any atom is -0.396 e. The molecule has 0 spiro atoms. The van der Waals surface area contributed by atoms with Crippen molar-refractivity contribution in [3.8, 4) is 0 Å². The summed E-state index contributed by atoms with van der Waals surface area (Å²) in [6, 6.07) is 0. The number of carbonyl (C=O) groups excluding carboxylic acids is 1. The van der Waals surface area contributed by atoms with Crippen LogP contribution in [0.1, 0.15) is 48.3 Å². The number of aromatic amines is 1. The molecule has 3 N–H and O–H groups in total. The zero-order valence-corrected chi connectivity index (χ0v) is 12.5. The summed E-state index contributed by atoms with van der Waals surface area (Å²) >= 11 is 0. The summed E-state index contributed by atoms with van der Waals surface area (Å²) in [6.07, 6.45) is 1.51. The lowest BCUT2D eigenvalue weighted by atomic mass is 9.83. The van der Waals surface area contributed by atoms with Crippen LogP contribution in [-0.2, 0) is 0 Å². The van der Waals surface area contributed by atoms with Crippen LogP contribution in [0.5, 0.6) is 0 Å². The number of hydrogen-bond donors (Lipinski definition) is 3. The van der Waals surface area contributed by atoms with Crippen LogP contribution < -0.4 is 10.9 Å². The van der Waals surface area contributed by atoms with Gasteiger partial charge in [0.15, 0.2) is 0 Å². The molecule has 0 aliphatic carbocycles. The van der Waals surface area contributed by atoms with Crippen molar-refractivity contribution < 1.29 is 9.90 Å². The van der Waals surface area contributed by atoms with Crippen LogP contribution in [-0.4, -0.2) is 34.4 Å². The molecule has 0 bridgehead atoms. The summed E-state index contributed by atoms with van der Waals surface area (Å²) in [5, 5.41) is 18.4. The van der Waals surface area contributed by atoms with Crippen molar-refractivity contribution >= 4 is 5.91 Å². The fourth-order valence-corrected chi connectivity index (χ4v) is 2.03. The molecule has 0 fully saturated rings. The highest BCUT2D eigenvalue weighted by molar-refractivity contribution is 5.95. The van der Waals surface area contributed by atoms with E-state index in [1.807, 2.05) is 13.8 Å². The van der Waals surface area contributed by atoms with Crippen LogP contribution in [0, 0.1) is 19.3 Å². The third-order valence-electron chi connectivity index (χ3n) is 4.16. The maximum Gasteiger partial charge on any atom is 0.277 e. The Hall–Kier alpha value is -1.69. The van der Waals surface area contributed by atoms with Gasteiger partial charge in [0.05, 0.1) is 12.3 Å². The number of nitrogens with one attached hydrogen (secondary N) is 2. The monoisotopic (exact) mass is 281 g/mol. The summed E-state index contributed by atoms with van der Waals surface area (Å²) in [4.78, 5) is 23.9. The van der Waals surface area contributed by atoms with Crippen molar-refractivity contribution in [1.82, 2.24) is 15.5 Å². The van der Waals surface area contributed by atoms with Gasteiger partial charge < -0.3 is 10.4 Å². The highest BCUT2D eigenvalue weighted by atomic mass is 16.3. The van der Waals surface area contributed by atoms with E-state index in [1.165, 1.54) is 0 Å². The molecule has 1 amide bonds. The molecular weight excluding hydrogens is 258 g/mol. The first-order valence-electron chi connectivity index (χ1n) is 6.85. The molecule has 6 heteroatoms. The first kappa shape index (κ1) is 16.4. The molecule has 0 saturated carbocycles. The number of hydrogen-bond acceptors (Lipinski definition) is 4. The molecule has 0 saturated heterocycles. The lowest BCUT2D eigenvalue weighted by Crippen LogP contribution is -2.41. The Morgan fingerprint density at radius 3 is 2.45 bits per heavy atom. The quantitative estimate of drug-likeness (QED) is 0.722. The average molecular weight is 281 g/mol. The maximum absolute atomic E-state index is 12.2. The number of rotatable bonds is 6. The van der Waals surface area contributed by atoms with Crippen LogP contribution in [0.3, 0.4) is 0 Å². The molecule has 0 radical (unpaired) electrons. The second-order valence-electron chi connectivity index (χ2n) is 5.19. The van der Waals surface area contributed by atoms with Gasteiger partial charge in [-0.15, -0.1) is 0 Å². The molecule has 0 unspecified atom stereocenters. The number of nitrogens with zero attached hydrogens (tertiary/aromatic N) is 1. The lowest BCUT2D eigenvalue weighted by molar-refractivity contribution is 0.0849. The third-order valence-corrected chi connectivity index (χ3v) is 4.16. The van der Waals surface area contributed by atoms with Gasteiger partial charge in [-0.2, -0.15) is 5.10 Å². The van der Waals surface area contributed by atoms with Gasteiger partial charge in [0, 0.05) is 12.0 Å². The molecule has 1 aromatic rings.